The Kier molecular flexibility index (Phi) is 5.20. The molecule has 0 aromatic heterocycles. The Morgan fingerprint density at radius 2 is 1.67 bits per heavy atom. The van der Waals surface area contributed by atoms with Gasteiger partial charge >= 0.3 is 18.0 Å². The quantitative estimate of drug-likeness (QED) is 0.803. The first-order valence-corrected chi connectivity index (χ1v) is 7.98. The molecule has 0 fully saturated rings. The largest absolute Gasteiger partial charge is 0.486 e. The van der Waals surface area contributed by atoms with Gasteiger partial charge in [-0.25, -0.2) is 0 Å². The summed E-state index contributed by atoms with van der Waals surface area (Å²) in [7, 11) is 0. The fourth-order valence-corrected chi connectivity index (χ4v) is 2.38. The van der Waals surface area contributed by atoms with Gasteiger partial charge in [0.1, 0.15) is 12.7 Å². The maximum Gasteiger partial charge on any atom is 0.416 e. The lowest BCUT2D eigenvalue weighted by Crippen LogP contribution is -2.44. The number of anilines is 1. The van der Waals surface area contributed by atoms with Gasteiger partial charge < -0.3 is 20.1 Å². The number of halogens is 3. The summed E-state index contributed by atoms with van der Waals surface area (Å²) in [5, 5.41) is 4.64. The first kappa shape index (κ1) is 18.6. The van der Waals surface area contributed by atoms with Gasteiger partial charge in [0.05, 0.1) is 12.1 Å². The van der Waals surface area contributed by atoms with Crippen molar-refractivity contribution in [2.24, 2.45) is 0 Å². The summed E-state index contributed by atoms with van der Waals surface area (Å²) >= 11 is 0. The van der Waals surface area contributed by atoms with Crippen molar-refractivity contribution < 1.29 is 32.2 Å². The number of fused-ring (bicyclic) bond motifs is 1. The molecule has 0 aliphatic carbocycles. The summed E-state index contributed by atoms with van der Waals surface area (Å²) in [4.78, 5) is 23.7. The van der Waals surface area contributed by atoms with Crippen molar-refractivity contribution in [2.45, 2.75) is 12.3 Å². The summed E-state index contributed by atoms with van der Waals surface area (Å²) in [6.07, 6.45) is -4.94. The van der Waals surface area contributed by atoms with Crippen molar-refractivity contribution >= 4 is 17.5 Å². The fraction of sp³-hybridized carbons (Fsp3) is 0.222. The molecule has 0 saturated heterocycles. The normalized spacial score (nSPS) is 15.7. The van der Waals surface area contributed by atoms with E-state index in [1.165, 1.54) is 0 Å². The molecule has 1 unspecified atom stereocenters. The molecular weight excluding hydrogens is 365 g/mol. The Hall–Kier alpha value is -3.23. The van der Waals surface area contributed by atoms with Crippen LogP contribution in [0, 0.1) is 0 Å². The van der Waals surface area contributed by atoms with Crippen LogP contribution in [-0.4, -0.2) is 31.1 Å². The van der Waals surface area contributed by atoms with Gasteiger partial charge in [0.15, 0.2) is 11.5 Å². The van der Waals surface area contributed by atoms with Gasteiger partial charge in [0.25, 0.3) is 0 Å². The van der Waals surface area contributed by atoms with Crippen LogP contribution < -0.4 is 20.1 Å². The Morgan fingerprint density at radius 3 is 2.33 bits per heavy atom. The highest BCUT2D eigenvalue weighted by molar-refractivity contribution is 6.39. The van der Waals surface area contributed by atoms with E-state index in [2.05, 4.69) is 10.6 Å². The molecule has 0 saturated carbocycles. The predicted octanol–water partition coefficient (Wildman–Crippen LogP) is 2.60. The van der Waals surface area contributed by atoms with Gasteiger partial charge in [-0.2, -0.15) is 13.2 Å². The van der Waals surface area contributed by atoms with Crippen LogP contribution in [-0.2, 0) is 15.8 Å². The topological polar surface area (TPSA) is 76.7 Å². The smallest absolute Gasteiger partial charge is 0.416 e. The van der Waals surface area contributed by atoms with Crippen molar-refractivity contribution in [1.82, 2.24) is 5.32 Å². The highest BCUT2D eigenvalue weighted by Gasteiger charge is 2.30. The lowest BCUT2D eigenvalue weighted by molar-refractivity contribution is -0.137. The van der Waals surface area contributed by atoms with E-state index in [0.717, 1.165) is 24.3 Å². The number of nitrogens with one attached hydrogen (secondary N) is 2. The number of alkyl halides is 3. The van der Waals surface area contributed by atoms with Crippen LogP contribution in [0.25, 0.3) is 0 Å². The van der Waals surface area contributed by atoms with E-state index in [1.54, 1.807) is 24.3 Å². The Bertz CT molecular complexity index is 837. The minimum Gasteiger partial charge on any atom is -0.486 e. The van der Waals surface area contributed by atoms with Gasteiger partial charge in [0, 0.05) is 5.69 Å². The van der Waals surface area contributed by atoms with Crippen LogP contribution in [0.4, 0.5) is 18.9 Å². The summed E-state index contributed by atoms with van der Waals surface area (Å²) in [5.74, 6) is -0.790. The molecule has 2 amide bonds. The molecule has 0 radical (unpaired) electrons. The van der Waals surface area contributed by atoms with Crippen LogP contribution in [0.2, 0.25) is 0 Å². The lowest BCUT2D eigenvalue weighted by atomic mass is 10.2. The average molecular weight is 380 g/mol. The highest BCUT2D eigenvalue weighted by Crippen LogP contribution is 2.31. The molecule has 0 bridgehead atoms. The zero-order valence-electron chi connectivity index (χ0n) is 13.9. The second kappa shape index (κ2) is 7.56. The molecule has 1 atom stereocenters. The van der Waals surface area contributed by atoms with Gasteiger partial charge in [-0.05, 0) is 36.4 Å². The van der Waals surface area contributed by atoms with E-state index in [1.807, 2.05) is 0 Å². The number of ether oxygens (including phenoxy) is 2. The Labute approximate surface area is 152 Å². The third kappa shape index (κ3) is 4.69. The van der Waals surface area contributed by atoms with Crippen molar-refractivity contribution in [3.8, 4) is 11.5 Å². The standard InChI is InChI=1S/C18H15F3N2O4/c19-18(20,21)11-5-7-12(8-6-11)23-17(25)16(24)22-9-13-10-26-14-3-1-2-4-15(14)27-13/h1-8,13H,9-10H2,(H,22,24)(H,23,25). The molecular formula is C18H15F3N2O4. The van der Waals surface area contributed by atoms with Crippen LogP contribution >= 0.6 is 0 Å². The lowest BCUT2D eigenvalue weighted by Gasteiger charge is -2.26. The average Bonchev–Trinajstić information content (AvgIpc) is 2.65. The van der Waals surface area contributed by atoms with E-state index in [9.17, 15) is 22.8 Å². The van der Waals surface area contributed by atoms with Crippen LogP contribution in [0.1, 0.15) is 5.56 Å². The summed E-state index contributed by atoms with van der Waals surface area (Å²) in [5.41, 5.74) is -0.769. The molecule has 1 heterocycles. The maximum absolute atomic E-state index is 12.5. The van der Waals surface area contributed by atoms with Crippen molar-refractivity contribution in [2.75, 3.05) is 18.5 Å². The summed E-state index contributed by atoms with van der Waals surface area (Å²) in [6, 6.07) is 10.8. The molecule has 27 heavy (non-hydrogen) atoms. The summed E-state index contributed by atoms with van der Waals surface area (Å²) < 4.78 is 48.7. The number of benzene rings is 2. The highest BCUT2D eigenvalue weighted by atomic mass is 19.4. The van der Waals surface area contributed by atoms with Gasteiger partial charge in [-0.1, -0.05) is 12.1 Å². The molecule has 1 aliphatic rings. The number of hydrogen-bond donors (Lipinski definition) is 2. The molecule has 2 aromatic rings. The van der Waals surface area contributed by atoms with E-state index in [-0.39, 0.29) is 18.8 Å². The van der Waals surface area contributed by atoms with Crippen molar-refractivity contribution in [1.29, 1.82) is 0 Å². The molecule has 1 aliphatic heterocycles. The third-order valence-corrected chi connectivity index (χ3v) is 3.73. The third-order valence-electron chi connectivity index (χ3n) is 3.73. The monoisotopic (exact) mass is 380 g/mol. The number of para-hydroxylation sites is 2. The fourth-order valence-electron chi connectivity index (χ4n) is 2.38. The van der Waals surface area contributed by atoms with Crippen molar-refractivity contribution in [3.63, 3.8) is 0 Å². The van der Waals surface area contributed by atoms with E-state index in [0.29, 0.717) is 11.5 Å². The number of carbonyl (C=O) groups excluding carboxylic acids is 2. The molecule has 3 rings (SSSR count). The van der Waals surface area contributed by atoms with Crippen LogP contribution in [0.15, 0.2) is 48.5 Å². The van der Waals surface area contributed by atoms with Gasteiger partial charge in [0.2, 0.25) is 0 Å². The molecule has 2 N–H and O–H groups in total. The SMILES string of the molecule is O=C(NCC1COc2ccccc2O1)C(=O)Nc1ccc(C(F)(F)F)cc1. The second-order valence-electron chi connectivity index (χ2n) is 5.74. The predicted molar refractivity (Wildman–Crippen MR) is 89.4 cm³/mol. The van der Waals surface area contributed by atoms with E-state index >= 15 is 0 Å². The number of rotatable bonds is 3. The minimum atomic E-state index is -4.47. The molecule has 142 valence electrons. The zero-order chi connectivity index (χ0) is 19.4. The molecule has 0 spiro atoms. The number of carbonyl (C=O) groups is 2. The Balaban J connectivity index is 1.49. The first-order chi connectivity index (χ1) is 12.8. The maximum atomic E-state index is 12.5. The molecule has 9 heteroatoms. The van der Waals surface area contributed by atoms with Gasteiger partial charge in [-0.15, -0.1) is 0 Å². The second-order valence-corrected chi connectivity index (χ2v) is 5.74. The zero-order valence-corrected chi connectivity index (χ0v) is 13.9. The van der Waals surface area contributed by atoms with Crippen molar-refractivity contribution in [3.05, 3.63) is 54.1 Å². The van der Waals surface area contributed by atoms with Gasteiger partial charge in [-0.3, -0.25) is 9.59 Å². The number of amides is 2. The number of hydrogen-bond acceptors (Lipinski definition) is 4. The van der Waals surface area contributed by atoms with Crippen LogP contribution in [0.3, 0.4) is 0 Å². The van der Waals surface area contributed by atoms with E-state index in [4.69, 9.17) is 9.47 Å². The summed E-state index contributed by atoms with van der Waals surface area (Å²) in [6.45, 7) is 0.241. The minimum absolute atomic E-state index is 0.0353. The van der Waals surface area contributed by atoms with E-state index < -0.39 is 29.7 Å². The first-order valence-electron chi connectivity index (χ1n) is 7.98. The Morgan fingerprint density at radius 1 is 1.00 bits per heavy atom. The van der Waals surface area contributed by atoms with Crippen LogP contribution in [0.5, 0.6) is 11.5 Å². The molecule has 2 aromatic carbocycles. The molecule has 6 nitrogen and oxygen atoms in total.